The quantitative estimate of drug-likeness (QED) is 0.608. The molecule has 0 aliphatic carbocycles. The summed E-state index contributed by atoms with van der Waals surface area (Å²) in [4.78, 5) is 0. The third kappa shape index (κ3) is 2.46. The van der Waals surface area contributed by atoms with Gasteiger partial charge in [-0.25, -0.2) is 8.78 Å². The smallest absolute Gasteiger partial charge is 0.205 e. The van der Waals surface area contributed by atoms with Gasteiger partial charge in [-0.3, -0.25) is 0 Å². The SMILES string of the molecule is C=C(Cc1ccccc1)C(F)F. The van der Waals surface area contributed by atoms with Crippen LogP contribution in [0.4, 0.5) is 8.78 Å². The van der Waals surface area contributed by atoms with Gasteiger partial charge >= 0.3 is 0 Å². The molecule has 12 heavy (non-hydrogen) atoms. The molecular formula is C10H10F2. The highest BCUT2D eigenvalue weighted by atomic mass is 19.3. The third-order valence-electron chi connectivity index (χ3n) is 1.58. The second-order valence-electron chi connectivity index (χ2n) is 2.62. The maximum Gasteiger partial charge on any atom is 0.259 e. The summed E-state index contributed by atoms with van der Waals surface area (Å²) in [6, 6.07) is 9.14. The predicted octanol–water partition coefficient (Wildman–Crippen LogP) is 3.05. The maximum atomic E-state index is 12.0. The van der Waals surface area contributed by atoms with E-state index in [2.05, 4.69) is 6.58 Å². The van der Waals surface area contributed by atoms with Crippen LogP contribution in [0.1, 0.15) is 5.56 Å². The minimum Gasteiger partial charge on any atom is -0.205 e. The van der Waals surface area contributed by atoms with Crippen molar-refractivity contribution in [2.45, 2.75) is 12.8 Å². The van der Waals surface area contributed by atoms with Gasteiger partial charge in [0.2, 0.25) is 0 Å². The monoisotopic (exact) mass is 168 g/mol. The Hall–Kier alpha value is -1.18. The number of halogens is 2. The van der Waals surface area contributed by atoms with Crippen LogP contribution in [0, 0.1) is 0 Å². The molecule has 0 saturated heterocycles. The van der Waals surface area contributed by atoms with Crippen LogP contribution in [-0.4, -0.2) is 6.43 Å². The van der Waals surface area contributed by atoms with Crippen LogP contribution in [-0.2, 0) is 6.42 Å². The number of rotatable bonds is 3. The van der Waals surface area contributed by atoms with Crippen molar-refractivity contribution in [3.63, 3.8) is 0 Å². The highest BCUT2D eigenvalue weighted by Crippen LogP contribution is 2.12. The van der Waals surface area contributed by atoms with Crippen LogP contribution in [0.3, 0.4) is 0 Å². The van der Waals surface area contributed by atoms with Crippen molar-refractivity contribution >= 4 is 0 Å². The first-order chi connectivity index (χ1) is 5.70. The van der Waals surface area contributed by atoms with E-state index in [-0.39, 0.29) is 12.0 Å². The Balaban J connectivity index is 2.59. The van der Waals surface area contributed by atoms with Crippen LogP contribution < -0.4 is 0 Å². The molecule has 0 spiro atoms. The summed E-state index contributed by atoms with van der Waals surface area (Å²) in [6.45, 7) is 3.30. The zero-order valence-electron chi connectivity index (χ0n) is 6.63. The molecule has 0 N–H and O–H groups in total. The van der Waals surface area contributed by atoms with Crippen LogP contribution in [0.5, 0.6) is 0 Å². The minimum absolute atomic E-state index is 0.0267. The molecule has 0 aliphatic heterocycles. The fourth-order valence-electron chi connectivity index (χ4n) is 0.935. The molecule has 0 saturated carbocycles. The molecule has 0 heterocycles. The molecule has 0 radical (unpaired) electrons. The van der Waals surface area contributed by atoms with Crippen molar-refractivity contribution in [1.82, 2.24) is 0 Å². The molecule has 2 heteroatoms. The Morgan fingerprint density at radius 1 is 1.25 bits per heavy atom. The molecule has 64 valence electrons. The van der Waals surface area contributed by atoms with Crippen LogP contribution in [0.2, 0.25) is 0 Å². The number of hydrogen-bond acceptors (Lipinski definition) is 0. The molecule has 1 aromatic carbocycles. The lowest BCUT2D eigenvalue weighted by atomic mass is 10.1. The van der Waals surface area contributed by atoms with E-state index in [4.69, 9.17) is 0 Å². The van der Waals surface area contributed by atoms with E-state index in [1.807, 2.05) is 30.3 Å². The van der Waals surface area contributed by atoms with E-state index < -0.39 is 6.43 Å². The van der Waals surface area contributed by atoms with Crippen molar-refractivity contribution < 1.29 is 8.78 Å². The molecular weight excluding hydrogens is 158 g/mol. The van der Waals surface area contributed by atoms with E-state index in [0.29, 0.717) is 0 Å². The van der Waals surface area contributed by atoms with Gasteiger partial charge < -0.3 is 0 Å². The fourth-order valence-corrected chi connectivity index (χ4v) is 0.935. The highest BCUT2D eigenvalue weighted by Gasteiger charge is 2.07. The minimum atomic E-state index is -2.41. The largest absolute Gasteiger partial charge is 0.259 e. The lowest BCUT2D eigenvalue weighted by Crippen LogP contribution is -1.98. The van der Waals surface area contributed by atoms with Gasteiger partial charge in [-0.2, -0.15) is 0 Å². The molecule has 0 atom stereocenters. The van der Waals surface area contributed by atoms with Crippen molar-refractivity contribution in [3.05, 3.63) is 48.0 Å². The number of benzene rings is 1. The maximum absolute atomic E-state index is 12.0. The lowest BCUT2D eigenvalue weighted by molar-refractivity contribution is 0.187. The zero-order valence-corrected chi connectivity index (χ0v) is 6.63. The molecule has 0 unspecified atom stereocenters. The predicted molar refractivity (Wildman–Crippen MR) is 45.3 cm³/mol. The molecule has 0 nitrogen and oxygen atoms in total. The summed E-state index contributed by atoms with van der Waals surface area (Å²) in [5.41, 5.74) is 0.851. The normalized spacial score (nSPS) is 10.2. The number of allylic oxidation sites excluding steroid dienone is 1. The van der Waals surface area contributed by atoms with Crippen LogP contribution in [0.15, 0.2) is 42.5 Å². The lowest BCUT2D eigenvalue weighted by Gasteiger charge is -2.03. The van der Waals surface area contributed by atoms with Gasteiger partial charge in [-0.1, -0.05) is 36.9 Å². The van der Waals surface area contributed by atoms with E-state index in [1.54, 1.807) is 0 Å². The van der Waals surface area contributed by atoms with Gasteiger partial charge in [0.05, 0.1) is 0 Å². The van der Waals surface area contributed by atoms with Gasteiger partial charge in [-0.05, 0) is 17.6 Å². The second-order valence-corrected chi connectivity index (χ2v) is 2.62. The second kappa shape index (κ2) is 4.00. The molecule has 0 fully saturated rings. The molecule has 0 bridgehead atoms. The summed E-state index contributed by atoms with van der Waals surface area (Å²) in [6.07, 6.45) is -2.15. The zero-order chi connectivity index (χ0) is 8.97. The van der Waals surface area contributed by atoms with Crippen molar-refractivity contribution in [1.29, 1.82) is 0 Å². The Labute approximate surface area is 70.5 Å². The summed E-state index contributed by atoms with van der Waals surface area (Å²) >= 11 is 0. The molecule has 1 aromatic rings. The van der Waals surface area contributed by atoms with Crippen molar-refractivity contribution in [2.24, 2.45) is 0 Å². The van der Waals surface area contributed by atoms with Gasteiger partial charge in [0.15, 0.2) is 0 Å². The summed E-state index contributed by atoms with van der Waals surface area (Å²) in [7, 11) is 0. The van der Waals surface area contributed by atoms with Gasteiger partial charge in [0.25, 0.3) is 6.43 Å². The van der Waals surface area contributed by atoms with E-state index in [0.717, 1.165) is 5.56 Å². The number of hydrogen-bond donors (Lipinski definition) is 0. The summed E-state index contributed by atoms with van der Waals surface area (Å²) in [5.74, 6) is 0. The van der Waals surface area contributed by atoms with E-state index in [1.165, 1.54) is 0 Å². The average molecular weight is 168 g/mol. The molecule has 1 rings (SSSR count). The first-order valence-electron chi connectivity index (χ1n) is 3.70. The molecule has 0 amide bonds. The van der Waals surface area contributed by atoms with E-state index in [9.17, 15) is 8.78 Å². The van der Waals surface area contributed by atoms with Gasteiger partial charge in [0, 0.05) is 0 Å². The van der Waals surface area contributed by atoms with E-state index >= 15 is 0 Å². The van der Waals surface area contributed by atoms with Gasteiger partial charge in [-0.15, -0.1) is 0 Å². The number of alkyl halides is 2. The summed E-state index contributed by atoms with van der Waals surface area (Å²) < 4.78 is 24.0. The highest BCUT2D eigenvalue weighted by molar-refractivity contribution is 5.21. The molecule has 0 aliphatic rings. The van der Waals surface area contributed by atoms with Crippen molar-refractivity contribution in [2.75, 3.05) is 0 Å². The Morgan fingerprint density at radius 3 is 2.33 bits per heavy atom. The standard InChI is InChI=1S/C10H10F2/c1-8(10(11)12)7-9-5-3-2-4-6-9/h2-6,10H,1,7H2. The summed E-state index contributed by atoms with van der Waals surface area (Å²) in [5, 5.41) is 0. The van der Waals surface area contributed by atoms with Crippen LogP contribution in [0.25, 0.3) is 0 Å². The van der Waals surface area contributed by atoms with Crippen LogP contribution >= 0.6 is 0 Å². The average Bonchev–Trinajstić information content (AvgIpc) is 2.06. The first-order valence-corrected chi connectivity index (χ1v) is 3.70. The Morgan fingerprint density at radius 2 is 1.83 bits per heavy atom. The third-order valence-corrected chi connectivity index (χ3v) is 1.58. The van der Waals surface area contributed by atoms with Gasteiger partial charge in [0.1, 0.15) is 0 Å². The topological polar surface area (TPSA) is 0 Å². The molecule has 0 aromatic heterocycles. The first kappa shape index (κ1) is 8.91. The Bertz CT molecular complexity index is 252. The van der Waals surface area contributed by atoms with Crippen molar-refractivity contribution in [3.8, 4) is 0 Å². The Kier molecular flexibility index (Phi) is 2.97. The fraction of sp³-hybridized carbons (Fsp3) is 0.200.